The van der Waals surface area contributed by atoms with Crippen LogP contribution < -0.4 is 5.73 Å². The minimum absolute atomic E-state index is 0.484. The number of hydrogen-bond acceptors (Lipinski definition) is 1. The molecular formula is C11H15N. The molecule has 1 nitrogen and oxygen atoms in total. The monoisotopic (exact) mass is 161 g/mol. The largest absolute Gasteiger partial charge is 0.330 e. The second-order valence-electron chi connectivity index (χ2n) is 2.81. The molecule has 12 heavy (non-hydrogen) atoms. The Morgan fingerprint density at radius 2 is 1.67 bits per heavy atom. The Balaban J connectivity index is 2.61. The summed E-state index contributed by atoms with van der Waals surface area (Å²) in [5.41, 5.74) is 5.59. The summed E-state index contributed by atoms with van der Waals surface area (Å²) in [5.74, 6) is 0.484. The van der Waals surface area contributed by atoms with Gasteiger partial charge in [-0.3, -0.25) is 0 Å². The zero-order chi connectivity index (χ0) is 8.65. The molecule has 0 saturated heterocycles. The summed E-state index contributed by atoms with van der Waals surface area (Å²) in [5, 5.41) is 0. The Morgan fingerprint density at radius 3 is 2.42 bits per heavy atom. The standard InChI is InChI=1S/C11H15N/c12-10-11-8-6-4-2-1-3-5-7-9-11/h1-8,11H,9-10,12H2/b3-1-,4-2-,7-5-,8-6-. The topological polar surface area (TPSA) is 26.0 Å². The highest BCUT2D eigenvalue weighted by Gasteiger charge is 1.97. The number of nitrogens with two attached hydrogens (primary N) is 1. The van der Waals surface area contributed by atoms with Crippen LogP contribution in [-0.4, -0.2) is 6.54 Å². The van der Waals surface area contributed by atoms with E-state index >= 15 is 0 Å². The zero-order valence-corrected chi connectivity index (χ0v) is 7.19. The summed E-state index contributed by atoms with van der Waals surface area (Å²) in [6, 6.07) is 0. The predicted molar refractivity (Wildman–Crippen MR) is 53.7 cm³/mol. The van der Waals surface area contributed by atoms with Crippen LogP contribution in [0.1, 0.15) is 6.42 Å². The van der Waals surface area contributed by atoms with Crippen LogP contribution in [0.15, 0.2) is 48.6 Å². The highest BCUT2D eigenvalue weighted by molar-refractivity contribution is 5.17. The average Bonchev–Trinajstić information content (AvgIpc) is 2.14. The minimum atomic E-state index is 0.484. The van der Waals surface area contributed by atoms with E-state index < -0.39 is 0 Å². The smallest absolute Gasteiger partial charge is 0.00111 e. The van der Waals surface area contributed by atoms with E-state index in [0.29, 0.717) is 5.92 Å². The zero-order valence-electron chi connectivity index (χ0n) is 7.19. The molecular weight excluding hydrogens is 146 g/mol. The van der Waals surface area contributed by atoms with Crippen molar-refractivity contribution in [2.75, 3.05) is 6.54 Å². The summed E-state index contributed by atoms with van der Waals surface area (Å²) in [4.78, 5) is 0. The summed E-state index contributed by atoms with van der Waals surface area (Å²) in [7, 11) is 0. The fourth-order valence-corrected chi connectivity index (χ4v) is 1.06. The first kappa shape index (κ1) is 9.01. The lowest BCUT2D eigenvalue weighted by molar-refractivity contribution is 0.675. The first-order chi connectivity index (χ1) is 5.93. The van der Waals surface area contributed by atoms with Crippen LogP contribution in [0.2, 0.25) is 0 Å². The van der Waals surface area contributed by atoms with Crippen molar-refractivity contribution in [1.29, 1.82) is 0 Å². The van der Waals surface area contributed by atoms with Gasteiger partial charge >= 0.3 is 0 Å². The second kappa shape index (κ2) is 5.56. The quantitative estimate of drug-likeness (QED) is 0.626. The fourth-order valence-electron chi connectivity index (χ4n) is 1.06. The van der Waals surface area contributed by atoms with Gasteiger partial charge in [-0.2, -0.15) is 0 Å². The molecule has 0 aliphatic heterocycles. The van der Waals surface area contributed by atoms with E-state index in [-0.39, 0.29) is 0 Å². The van der Waals surface area contributed by atoms with Crippen molar-refractivity contribution in [1.82, 2.24) is 0 Å². The van der Waals surface area contributed by atoms with Crippen molar-refractivity contribution in [3.8, 4) is 0 Å². The van der Waals surface area contributed by atoms with Crippen LogP contribution >= 0.6 is 0 Å². The predicted octanol–water partition coefficient (Wildman–Crippen LogP) is 2.19. The summed E-state index contributed by atoms with van der Waals surface area (Å²) in [6.07, 6.45) is 17.5. The molecule has 0 aromatic heterocycles. The molecule has 1 rings (SSSR count). The molecule has 0 amide bonds. The molecule has 1 atom stereocenters. The van der Waals surface area contributed by atoms with Crippen LogP contribution in [0.3, 0.4) is 0 Å². The maximum absolute atomic E-state index is 5.59. The van der Waals surface area contributed by atoms with E-state index in [1.54, 1.807) is 0 Å². The van der Waals surface area contributed by atoms with Crippen LogP contribution in [0.25, 0.3) is 0 Å². The molecule has 64 valence electrons. The van der Waals surface area contributed by atoms with Crippen LogP contribution in [0.4, 0.5) is 0 Å². The molecule has 2 N–H and O–H groups in total. The Morgan fingerprint density at radius 1 is 1.00 bits per heavy atom. The Hall–Kier alpha value is -1.08. The molecule has 0 spiro atoms. The van der Waals surface area contributed by atoms with Gasteiger partial charge in [0.15, 0.2) is 0 Å². The van der Waals surface area contributed by atoms with Crippen molar-refractivity contribution < 1.29 is 0 Å². The summed E-state index contributed by atoms with van der Waals surface area (Å²) >= 11 is 0. The summed E-state index contributed by atoms with van der Waals surface area (Å²) < 4.78 is 0. The molecule has 1 heteroatoms. The van der Waals surface area contributed by atoms with Gasteiger partial charge in [-0.05, 0) is 18.9 Å². The number of rotatable bonds is 1. The lowest BCUT2D eigenvalue weighted by Gasteiger charge is -2.04. The van der Waals surface area contributed by atoms with Crippen LogP contribution in [-0.2, 0) is 0 Å². The minimum Gasteiger partial charge on any atom is -0.330 e. The molecule has 1 aliphatic carbocycles. The highest BCUT2D eigenvalue weighted by Crippen LogP contribution is 2.05. The molecule has 0 bridgehead atoms. The second-order valence-corrected chi connectivity index (χ2v) is 2.81. The van der Waals surface area contributed by atoms with Gasteiger partial charge < -0.3 is 5.73 Å². The molecule has 0 aromatic carbocycles. The lowest BCUT2D eigenvalue weighted by Crippen LogP contribution is -2.10. The van der Waals surface area contributed by atoms with Crippen LogP contribution in [0.5, 0.6) is 0 Å². The number of hydrogen-bond donors (Lipinski definition) is 1. The van der Waals surface area contributed by atoms with Crippen molar-refractivity contribution in [2.24, 2.45) is 11.7 Å². The molecule has 0 saturated carbocycles. The van der Waals surface area contributed by atoms with Gasteiger partial charge in [-0.15, -0.1) is 0 Å². The Labute approximate surface area is 74.0 Å². The molecule has 0 aromatic rings. The normalized spacial score (nSPS) is 33.6. The molecule has 1 unspecified atom stereocenters. The SMILES string of the molecule is NCC1\C=C/C=C\C=C/C=C\C1. The van der Waals surface area contributed by atoms with Crippen molar-refractivity contribution in [3.63, 3.8) is 0 Å². The van der Waals surface area contributed by atoms with Gasteiger partial charge in [0.2, 0.25) is 0 Å². The van der Waals surface area contributed by atoms with Gasteiger partial charge in [0.05, 0.1) is 0 Å². The molecule has 0 radical (unpaired) electrons. The van der Waals surface area contributed by atoms with E-state index in [4.69, 9.17) is 5.73 Å². The Kier molecular flexibility index (Phi) is 4.17. The van der Waals surface area contributed by atoms with Crippen LogP contribution in [0, 0.1) is 5.92 Å². The van der Waals surface area contributed by atoms with E-state index in [2.05, 4.69) is 24.3 Å². The third-order valence-corrected chi connectivity index (χ3v) is 1.82. The average molecular weight is 161 g/mol. The van der Waals surface area contributed by atoms with Crippen molar-refractivity contribution >= 4 is 0 Å². The Bertz CT molecular complexity index is 221. The molecule has 1 aliphatic rings. The fraction of sp³-hybridized carbons (Fsp3) is 0.273. The van der Waals surface area contributed by atoms with Crippen molar-refractivity contribution in [2.45, 2.75) is 6.42 Å². The van der Waals surface area contributed by atoms with E-state index in [1.165, 1.54) is 0 Å². The van der Waals surface area contributed by atoms with E-state index in [1.807, 2.05) is 24.3 Å². The highest BCUT2D eigenvalue weighted by atomic mass is 14.5. The summed E-state index contributed by atoms with van der Waals surface area (Å²) in [6.45, 7) is 0.721. The van der Waals surface area contributed by atoms with Gasteiger partial charge in [0.1, 0.15) is 0 Å². The first-order valence-corrected chi connectivity index (χ1v) is 4.30. The van der Waals surface area contributed by atoms with Gasteiger partial charge in [-0.1, -0.05) is 48.6 Å². The van der Waals surface area contributed by atoms with Gasteiger partial charge in [0.25, 0.3) is 0 Å². The number of allylic oxidation sites excluding steroid dienone is 7. The van der Waals surface area contributed by atoms with Gasteiger partial charge in [-0.25, -0.2) is 0 Å². The molecule has 0 heterocycles. The third kappa shape index (κ3) is 3.35. The third-order valence-electron chi connectivity index (χ3n) is 1.82. The van der Waals surface area contributed by atoms with E-state index in [0.717, 1.165) is 13.0 Å². The molecule has 0 fully saturated rings. The maximum atomic E-state index is 5.59. The van der Waals surface area contributed by atoms with Gasteiger partial charge in [0, 0.05) is 0 Å². The lowest BCUT2D eigenvalue weighted by atomic mass is 10.0. The van der Waals surface area contributed by atoms with Crippen molar-refractivity contribution in [3.05, 3.63) is 48.6 Å². The first-order valence-electron chi connectivity index (χ1n) is 4.30. The van der Waals surface area contributed by atoms with E-state index in [9.17, 15) is 0 Å². The maximum Gasteiger partial charge on any atom is -0.00111 e.